The summed E-state index contributed by atoms with van der Waals surface area (Å²) in [5.41, 5.74) is 1.75. The molecule has 2 aliphatic heterocycles. The molecule has 0 radical (unpaired) electrons. The van der Waals surface area contributed by atoms with E-state index in [0.29, 0.717) is 0 Å². The molecule has 1 aliphatic carbocycles. The van der Waals surface area contributed by atoms with E-state index in [1.54, 1.807) is 6.42 Å². The molecule has 0 unspecified atom stereocenters. The van der Waals surface area contributed by atoms with Gasteiger partial charge in [0.1, 0.15) is 0 Å². The third-order valence-corrected chi connectivity index (χ3v) is 6.22. The van der Waals surface area contributed by atoms with E-state index in [1.165, 1.54) is 23.0 Å². The van der Waals surface area contributed by atoms with Gasteiger partial charge in [0, 0.05) is 23.0 Å². The van der Waals surface area contributed by atoms with Gasteiger partial charge >= 0.3 is 0 Å². The highest BCUT2D eigenvalue weighted by Crippen LogP contribution is 2.76. The summed E-state index contributed by atoms with van der Waals surface area (Å²) in [6, 6.07) is 0. The van der Waals surface area contributed by atoms with Crippen molar-refractivity contribution in [2.45, 2.75) is 6.42 Å². The van der Waals surface area contributed by atoms with E-state index in [2.05, 4.69) is 23.5 Å². The van der Waals surface area contributed by atoms with Crippen molar-refractivity contribution >= 4 is 23.5 Å². The number of hydrogen-bond donors (Lipinski definition) is 0. The molecule has 0 amide bonds. The highest BCUT2D eigenvalue weighted by Gasteiger charge is 2.72. The Morgan fingerprint density at radius 2 is 1.22 bits per heavy atom. The molecule has 3 aliphatic rings. The molecule has 0 nitrogen and oxygen atoms in total. The summed E-state index contributed by atoms with van der Waals surface area (Å²) in [4.78, 5) is 0. The summed E-state index contributed by atoms with van der Waals surface area (Å²) >= 11 is 4.38. The first-order valence-corrected chi connectivity index (χ1v) is 5.84. The number of rotatable bonds is 0. The van der Waals surface area contributed by atoms with Crippen LogP contribution in [0, 0.1) is 10.8 Å². The lowest BCUT2D eigenvalue weighted by Gasteiger charge is -2.04. The molecule has 0 bridgehead atoms. The van der Waals surface area contributed by atoms with Gasteiger partial charge < -0.3 is 0 Å². The van der Waals surface area contributed by atoms with Crippen LogP contribution in [0.15, 0.2) is 0 Å². The fourth-order valence-electron chi connectivity index (χ4n) is 2.39. The normalized spacial score (nSPS) is 61.3. The average molecular weight is 158 g/mol. The molecule has 0 aromatic rings. The zero-order valence-corrected chi connectivity index (χ0v) is 6.99. The maximum absolute atomic E-state index is 2.19. The minimum Gasteiger partial charge on any atom is -0.161 e. The first-order chi connectivity index (χ1) is 4.37. The molecule has 2 saturated heterocycles. The third kappa shape index (κ3) is 0.443. The van der Waals surface area contributed by atoms with Crippen molar-refractivity contribution in [3.05, 3.63) is 0 Å². The molecule has 3 fully saturated rings. The number of thioether (sulfide) groups is 2. The van der Waals surface area contributed by atoms with Gasteiger partial charge in [-0.2, -0.15) is 23.5 Å². The van der Waals surface area contributed by atoms with Gasteiger partial charge in [-0.25, -0.2) is 0 Å². The van der Waals surface area contributed by atoms with E-state index < -0.39 is 0 Å². The highest BCUT2D eigenvalue weighted by molar-refractivity contribution is 8.01. The summed E-state index contributed by atoms with van der Waals surface area (Å²) < 4.78 is 0. The van der Waals surface area contributed by atoms with Gasteiger partial charge in [0.05, 0.1) is 0 Å². The standard InChI is InChI=1S/C7H10S2/c1-6-2-8-4-7(1,6)5-9-3-6/h1-5H2. The van der Waals surface area contributed by atoms with Crippen molar-refractivity contribution in [3.63, 3.8) is 0 Å². The van der Waals surface area contributed by atoms with Gasteiger partial charge in [0.25, 0.3) is 0 Å². The second-order valence-electron chi connectivity index (χ2n) is 3.72. The summed E-state index contributed by atoms with van der Waals surface area (Å²) in [6.07, 6.45) is 1.58. The van der Waals surface area contributed by atoms with Crippen LogP contribution in [0.3, 0.4) is 0 Å². The SMILES string of the molecule is C1SCC23CSCC12C3. The molecule has 3 rings (SSSR count). The van der Waals surface area contributed by atoms with E-state index >= 15 is 0 Å². The van der Waals surface area contributed by atoms with E-state index in [0.717, 1.165) is 10.8 Å². The van der Waals surface area contributed by atoms with E-state index in [9.17, 15) is 0 Å². The maximum Gasteiger partial charge on any atom is 0.000347 e. The Bertz CT molecular complexity index is 127. The Morgan fingerprint density at radius 1 is 0.778 bits per heavy atom. The molecule has 0 aromatic heterocycles. The predicted molar refractivity (Wildman–Crippen MR) is 44.1 cm³/mol. The van der Waals surface area contributed by atoms with Gasteiger partial charge in [-0.05, 0) is 17.3 Å². The maximum atomic E-state index is 2.19. The lowest BCUT2D eigenvalue weighted by atomic mass is 10.0. The first-order valence-electron chi connectivity index (χ1n) is 3.53. The van der Waals surface area contributed by atoms with Gasteiger partial charge in [-0.15, -0.1) is 0 Å². The van der Waals surface area contributed by atoms with Crippen molar-refractivity contribution in [1.29, 1.82) is 0 Å². The molecule has 2 heterocycles. The quantitative estimate of drug-likeness (QED) is 0.528. The second-order valence-corrected chi connectivity index (χ2v) is 5.69. The van der Waals surface area contributed by atoms with Crippen LogP contribution in [-0.2, 0) is 0 Å². The Morgan fingerprint density at radius 3 is 1.56 bits per heavy atom. The summed E-state index contributed by atoms with van der Waals surface area (Å²) in [7, 11) is 0. The smallest absolute Gasteiger partial charge is 0.000347 e. The van der Waals surface area contributed by atoms with Crippen LogP contribution in [0.1, 0.15) is 6.42 Å². The topological polar surface area (TPSA) is 0 Å². The fraction of sp³-hybridized carbons (Fsp3) is 1.00. The third-order valence-electron chi connectivity index (χ3n) is 3.19. The molecule has 9 heavy (non-hydrogen) atoms. The Hall–Kier alpha value is 0.700. The van der Waals surface area contributed by atoms with E-state index in [4.69, 9.17) is 0 Å². The number of hydrogen-bond acceptors (Lipinski definition) is 2. The molecular formula is C7H10S2. The van der Waals surface area contributed by atoms with Crippen LogP contribution in [0.5, 0.6) is 0 Å². The van der Waals surface area contributed by atoms with Crippen LogP contribution in [0.25, 0.3) is 0 Å². The van der Waals surface area contributed by atoms with Crippen LogP contribution in [0.4, 0.5) is 0 Å². The highest BCUT2D eigenvalue weighted by atomic mass is 32.2. The summed E-state index contributed by atoms with van der Waals surface area (Å²) in [6.45, 7) is 0. The van der Waals surface area contributed by atoms with Gasteiger partial charge in [-0.1, -0.05) is 0 Å². The largest absolute Gasteiger partial charge is 0.161 e. The zero-order chi connectivity index (χ0) is 5.95. The molecule has 0 spiro atoms. The van der Waals surface area contributed by atoms with Crippen molar-refractivity contribution in [2.75, 3.05) is 23.0 Å². The molecule has 0 atom stereocenters. The monoisotopic (exact) mass is 158 g/mol. The van der Waals surface area contributed by atoms with Crippen LogP contribution in [-0.4, -0.2) is 23.0 Å². The van der Waals surface area contributed by atoms with Crippen molar-refractivity contribution in [2.24, 2.45) is 10.8 Å². The fourth-order valence-corrected chi connectivity index (χ4v) is 6.45. The van der Waals surface area contributed by atoms with E-state index in [1.807, 2.05) is 0 Å². The Labute approximate surface area is 64.2 Å². The molecule has 0 aromatic carbocycles. The molecule has 1 saturated carbocycles. The van der Waals surface area contributed by atoms with Crippen molar-refractivity contribution in [3.8, 4) is 0 Å². The first kappa shape index (κ1) is 5.36. The zero-order valence-electron chi connectivity index (χ0n) is 5.35. The lowest BCUT2D eigenvalue weighted by Crippen LogP contribution is -2.07. The van der Waals surface area contributed by atoms with Crippen molar-refractivity contribution < 1.29 is 0 Å². The minimum atomic E-state index is 0.877. The van der Waals surface area contributed by atoms with Gasteiger partial charge in [-0.3, -0.25) is 0 Å². The second kappa shape index (κ2) is 1.33. The van der Waals surface area contributed by atoms with Crippen LogP contribution < -0.4 is 0 Å². The predicted octanol–water partition coefficient (Wildman–Crippen LogP) is 1.86. The Balaban J connectivity index is 2.05. The molecular weight excluding hydrogens is 148 g/mol. The summed E-state index contributed by atoms with van der Waals surface area (Å²) in [5, 5.41) is 0. The van der Waals surface area contributed by atoms with Gasteiger partial charge in [0.15, 0.2) is 0 Å². The lowest BCUT2D eigenvalue weighted by molar-refractivity contribution is 0.533. The van der Waals surface area contributed by atoms with Gasteiger partial charge in [0.2, 0.25) is 0 Å². The average Bonchev–Trinajstić information content (AvgIpc) is 2.11. The van der Waals surface area contributed by atoms with Crippen LogP contribution in [0.2, 0.25) is 0 Å². The summed E-state index contributed by atoms with van der Waals surface area (Å²) in [5.74, 6) is 5.94. The Kier molecular flexibility index (Phi) is 0.792. The van der Waals surface area contributed by atoms with Crippen molar-refractivity contribution in [1.82, 2.24) is 0 Å². The molecule has 2 heteroatoms. The molecule has 50 valence electrons. The van der Waals surface area contributed by atoms with Crippen LogP contribution >= 0.6 is 23.5 Å². The minimum absolute atomic E-state index is 0.877. The molecule has 0 N–H and O–H groups in total. The van der Waals surface area contributed by atoms with E-state index in [-0.39, 0.29) is 0 Å².